The van der Waals surface area contributed by atoms with Crippen LogP contribution < -0.4 is 0 Å². The fraction of sp³-hybridized carbons (Fsp3) is 0.692. The minimum Gasteiger partial charge on any atom is -0.100 e. The fourth-order valence-electron chi connectivity index (χ4n) is 5.34. The lowest BCUT2D eigenvalue weighted by molar-refractivity contribution is 0.0394. The number of hydrogen-bond donors (Lipinski definition) is 0. The van der Waals surface area contributed by atoms with Crippen molar-refractivity contribution < 1.29 is 0 Å². The molecule has 0 bridgehead atoms. The summed E-state index contributed by atoms with van der Waals surface area (Å²) in [6, 6.07) is 9.42. The van der Waals surface area contributed by atoms with Gasteiger partial charge in [-0.2, -0.15) is 0 Å². The van der Waals surface area contributed by atoms with E-state index in [0.717, 1.165) is 18.8 Å². The molecule has 0 saturated heterocycles. The summed E-state index contributed by atoms with van der Waals surface area (Å²) in [6.45, 7) is 11.1. The average Bonchev–Trinajstić information content (AvgIpc) is 2.62. The molecule has 2 saturated carbocycles. The molecular weight excluding hydrogens is 312 g/mol. The summed E-state index contributed by atoms with van der Waals surface area (Å²) in [5.41, 5.74) is 5.59. The van der Waals surface area contributed by atoms with Crippen molar-refractivity contribution in [1.82, 2.24) is 0 Å². The van der Waals surface area contributed by atoms with Gasteiger partial charge in [0, 0.05) is 0 Å². The highest BCUT2D eigenvalue weighted by Gasteiger charge is 2.41. The van der Waals surface area contributed by atoms with Crippen LogP contribution in [0.25, 0.3) is 0 Å². The highest BCUT2D eigenvalue weighted by molar-refractivity contribution is 5.23. The Morgan fingerprint density at radius 2 is 1.58 bits per heavy atom. The number of aryl methyl sites for hydroxylation is 2. The Morgan fingerprint density at radius 1 is 0.962 bits per heavy atom. The molecule has 0 amide bonds. The van der Waals surface area contributed by atoms with Gasteiger partial charge in [0.15, 0.2) is 0 Å². The third kappa shape index (κ3) is 5.48. The molecule has 0 radical (unpaired) electrons. The summed E-state index contributed by atoms with van der Waals surface area (Å²) < 4.78 is 0. The zero-order valence-electron chi connectivity index (χ0n) is 17.6. The minimum absolute atomic E-state index is 0.601. The van der Waals surface area contributed by atoms with E-state index in [-0.39, 0.29) is 0 Å². The van der Waals surface area contributed by atoms with Crippen LogP contribution in [0.4, 0.5) is 0 Å². The molecule has 26 heavy (non-hydrogen) atoms. The van der Waals surface area contributed by atoms with Crippen LogP contribution in [-0.4, -0.2) is 0 Å². The molecule has 1 atom stereocenters. The summed E-state index contributed by atoms with van der Waals surface area (Å²) in [5.74, 6) is 0.966. The van der Waals surface area contributed by atoms with Crippen LogP contribution in [0.5, 0.6) is 0 Å². The van der Waals surface area contributed by atoms with Crippen LogP contribution in [0.1, 0.15) is 96.1 Å². The van der Waals surface area contributed by atoms with E-state index in [1.54, 1.807) is 0 Å². The minimum atomic E-state index is 0.601. The Bertz CT molecular complexity index is 579. The predicted molar refractivity (Wildman–Crippen MR) is 115 cm³/mol. The quantitative estimate of drug-likeness (QED) is 0.456. The van der Waals surface area contributed by atoms with Crippen molar-refractivity contribution in [3.8, 4) is 0 Å². The largest absolute Gasteiger partial charge is 0.100 e. The zero-order valence-corrected chi connectivity index (χ0v) is 17.6. The Kier molecular flexibility index (Phi) is 6.31. The van der Waals surface area contributed by atoms with E-state index < -0.39 is 0 Å². The van der Waals surface area contributed by atoms with Gasteiger partial charge in [-0.15, -0.1) is 6.58 Å². The van der Waals surface area contributed by atoms with Crippen LogP contribution in [0.3, 0.4) is 0 Å². The summed E-state index contributed by atoms with van der Waals surface area (Å²) in [7, 11) is 0. The number of rotatable bonds is 6. The van der Waals surface area contributed by atoms with Crippen molar-refractivity contribution >= 4 is 0 Å². The van der Waals surface area contributed by atoms with Crippen LogP contribution in [0.2, 0.25) is 0 Å². The van der Waals surface area contributed by atoms with E-state index in [9.17, 15) is 0 Å². The maximum atomic E-state index is 4.01. The van der Waals surface area contributed by atoms with E-state index in [0.29, 0.717) is 10.8 Å². The molecular formula is C26H40. The Labute approximate surface area is 162 Å². The van der Waals surface area contributed by atoms with Crippen molar-refractivity contribution in [2.75, 3.05) is 0 Å². The molecule has 0 heterocycles. The maximum Gasteiger partial charge on any atom is -0.0242 e. The molecule has 0 N–H and O–H groups in total. The molecule has 1 aromatic rings. The first-order chi connectivity index (χ1) is 12.4. The number of benzene rings is 1. The van der Waals surface area contributed by atoms with Crippen LogP contribution >= 0.6 is 0 Å². The molecule has 3 rings (SSSR count). The maximum absolute atomic E-state index is 4.01. The predicted octanol–water partition coefficient (Wildman–Crippen LogP) is 7.90. The van der Waals surface area contributed by atoms with Crippen LogP contribution in [-0.2, 0) is 12.8 Å². The molecule has 0 nitrogen and oxygen atoms in total. The Morgan fingerprint density at radius 3 is 2.19 bits per heavy atom. The lowest BCUT2D eigenvalue weighted by atomic mass is 9.57. The summed E-state index contributed by atoms with van der Waals surface area (Å²) in [4.78, 5) is 0. The second-order valence-corrected chi connectivity index (χ2v) is 10.4. The molecule has 2 aliphatic carbocycles. The third-order valence-electron chi connectivity index (χ3n) is 7.41. The average molecular weight is 353 g/mol. The normalized spacial score (nSPS) is 24.5. The first kappa shape index (κ1) is 19.7. The van der Waals surface area contributed by atoms with Gasteiger partial charge < -0.3 is 0 Å². The molecule has 1 unspecified atom stereocenters. The van der Waals surface area contributed by atoms with Crippen LogP contribution in [0, 0.1) is 16.7 Å². The third-order valence-corrected chi connectivity index (χ3v) is 7.41. The SMILES string of the molecule is C=C(C)CCc1ccc(CCC2CCCC3(CCC(C)(C)CC3)C2)cc1. The number of hydrogen-bond acceptors (Lipinski definition) is 0. The van der Waals surface area contributed by atoms with Crippen molar-refractivity contribution in [2.24, 2.45) is 16.7 Å². The highest BCUT2D eigenvalue weighted by atomic mass is 14.5. The molecule has 0 aliphatic heterocycles. The standard InChI is InChI=1S/C26H40/c1-21(2)7-8-22-9-11-23(12-10-22)13-14-24-6-5-15-26(20-24)18-16-25(3,4)17-19-26/h9-12,24H,1,5-8,13-20H2,2-4H3. The molecule has 2 aliphatic rings. The molecule has 144 valence electrons. The first-order valence-electron chi connectivity index (χ1n) is 11.1. The highest BCUT2D eigenvalue weighted by Crippen LogP contribution is 2.54. The van der Waals surface area contributed by atoms with Crippen LogP contribution in [0.15, 0.2) is 36.4 Å². The van der Waals surface area contributed by atoms with Gasteiger partial charge in [0.2, 0.25) is 0 Å². The van der Waals surface area contributed by atoms with Crippen molar-refractivity contribution in [1.29, 1.82) is 0 Å². The topological polar surface area (TPSA) is 0 Å². The molecule has 0 aromatic heterocycles. The van der Waals surface area contributed by atoms with Gasteiger partial charge in [-0.05, 0) is 99.0 Å². The fourth-order valence-corrected chi connectivity index (χ4v) is 5.34. The lowest BCUT2D eigenvalue weighted by Crippen LogP contribution is -2.35. The smallest absolute Gasteiger partial charge is 0.0242 e. The molecule has 0 heteroatoms. The van der Waals surface area contributed by atoms with Crippen molar-refractivity contribution in [3.05, 3.63) is 47.5 Å². The summed E-state index contributed by atoms with van der Waals surface area (Å²) >= 11 is 0. The molecule has 1 spiro atoms. The first-order valence-corrected chi connectivity index (χ1v) is 11.1. The van der Waals surface area contributed by atoms with Gasteiger partial charge in [0.1, 0.15) is 0 Å². The Balaban J connectivity index is 1.48. The van der Waals surface area contributed by atoms with E-state index in [4.69, 9.17) is 0 Å². The van der Waals surface area contributed by atoms with Gasteiger partial charge in [0.25, 0.3) is 0 Å². The second-order valence-electron chi connectivity index (χ2n) is 10.4. The van der Waals surface area contributed by atoms with Crippen molar-refractivity contribution in [2.45, 2.75) is 97.8 Å². The summed E-state index contributed by atoms with van der Waals surface area (Å²) in [5, 5.41) is 0. The monoisotopic (exact) mass is 352 g/mol. The Hall–Kier alpha value is -1.04. The summed E-state index contributed by atoms with van der Waals surface area (Å²) in [6.07, 6.45) is 16.8. The zero-order chi connectivity index (χ0) is 18.6. The molecule has 1 aromatic carbocycles. The van der Waals surface area contributed by atoms with Gasteiger partial charge in [-0.25, -0.2) is 0 Å². The van der Waals surface area contributed by atoms with Gasteiger partial charge in [-0.1, -0.05) is 56.5 Å². The lowest BCUT2D eigenvalue weighted by Gasteiger charge is -2.48. The van der Waals surface area contributed by atoms with Gasteiger partial charge >= 0.3 is 0 Å². The second kappa shape index (κ2) is 8.32. The van der Waals surface area contributed by atoms with E-state index in [1.165, 1.54) is 80.9 Å². The number of allylic oxidation sites excluding steroid dienone is 1. The van der Waals surface area contributed by atoms with Crippen molar-refractivity contribution in [3.63, 3.8) is 0 Å². The molecule has 2 fully saturated rings. The van der Waals surface area contributed by atoms with E-state index in [1.807, 2.05) is 0 Å². The van der Waals surface area contributed by atoms with E-state index in [2.05, 4.69) is 51.6 Å². The van der Waals surface area contributed by atoms with E-state index >= 15 is 0 Å². The van der Waals surface area contributed by atoms with Gasteiger partial charge in [0.05, 0.1) is 0 Å². The van der Waals surface area contributed by atoms with Gasteiger partial charge in [-0.3, -0.25) is 0 Å².